The fourth-order valence-electron chi connectivity index (χ4n) is 2.45. The van der Waals surface area contributed by atoms with Gasteiger partial charge in [0.05, 0.1) is 14.2 Å². The average Bonchev–Trinajstić information content (AvgIpc) is 2.47. The van der Waals surface area contributed by atoms with Crippen LogP contribution in [0.1, 0.15) is 24.0 Å². The Morgan fingerprint density at radius 2 is 1.84 bits per heavy atom. The van der Waals surface area contributed by atoms with E-state index in [1.165, 1.54) is 0 Å². The van der Waals surface area contributed by atoms with Crippen molar-refractivity contribution >= 4 is 5.57 Å². The monoisotopic (exact) mass is 254 g/mol. The van der Waals surface area contributed by atoms with Crippen molar-refractivity contribution in [3.8, 4) is 23.6 Å². The van der Waals surface area contributed by atoms with Crippen LogP contribution in [-0.4, -0.2) is 14.2 Å². The molecular formula is C15H14N2O2. The van der Waals surface area contributed by atoms with Crippen molar-refractivity contribution in [2.75, 3.05) is 14.2 Å². The molecule has 0 fully saturated rings. The number of hydrogen-bond acceptors (Lipinski definition) is 4. The highest BCUT2D eigenvalue weighted by atomic mass is 16.5. The third kappa shape index (κ3) is 2.26. The maximum Gasteiger partial charge on any atom is 0.133 e. The minimum atomic E-state index is 0.171. The summed E-state index contributed by atoms with van der Waals surface area (Å²) in [5, 5.41) is 18.1. The quantitative estimate of drug-likeness (QED) is 0.761. The normalized spacial score (nSPS) is 12.9. The van der Waals surface area contributed by atoms with E-state index in [-0.39, 0.29) is 5.57 Å². The number of rotatable bonds is 2. The molecule has 0 spiro atoms. The van der Waals surface area contributed by atoms with Gasteiger partial charge in [0.25, 0.3) is 0 Å². The van der Waals surface area contributed by atoms with Gasteiger partial charge < -0.3 is 9.47 Å². The van der Waals surface area contributed by atoms with Crippen molar-refractivity contribution in [1.29, 1.82) is 10.5 Å². The summed E-state index contributed by atoms with van der Waals surface area (Å²) in [7, 11) is 3.19. The van der Waals surface area contributed by atoms with Gasteiger partial charge in [-0.1, -0.05) is 0 Å². The van der Waals surface area contributed by atoms with E-state index in [1.807, 2.05) is 18.2 Å². The second-order valence-electron chi connectivity index (χ2n) is 4.29. The molecule has 4 heteroatoms. The summed E-state index contributed by atoms with van der Waals surface area (Å²) >= 11 is 0. The van der Waals surface area contributed by atoms with Crippen LogP contribution < -0.4 is 9.47 Å². The van der Waals surface area contributed by atoms with Crippen LogP contribution >= 0.6 is 0 Å². The van der Waals surface area contributed by atoms with Crippen LogP contribution in [0.5, 0.6) is 11.5 Å². The molecule has 0 radical (unpaired) electrons. The zero-order chi connectivity index (χ0) is 13.8. The van der Waals surface area contributed by atoms with E-state index in [9.17, 15) is 0 Å². The Hall–Kier alpha value is -2.46. The van der Waals surface area contributed by atoms with Crippen LogP contribution in [0.4, 0.5) is 0 Å². The predicted molar refractivity (Wildman–Crippen MR) is 70.6 cm³/mol. The van der Waals surface area contributed by atoms with Gasteiger partial charge in [0, 0.05) is 11.6 Å². The number of allylic oxidation sites excluding steroid dienone is 2. The predicted octanol–water partition coefficient (Wildman–Crippen LogP) is 2.84. The van der Waals surface area contributed by atoms with Crippen LogP contribution in [0.3, 0.4) is 0 Å². The molecule has 2 rings (SSSR count). The number of aryl methyl sites for hydroxylation is 1. The second-order valence-corrected chi connectivity index (χ2v) is 4.29. The smallest absolute Gasteiger partial charge is 0.133 e. The summed E-state index contributed by atoms with van der Waals surface area (Å²) in [6.07, 6.45) is 2.55. The van der Waals surface area contributed by atoms with Crippen LogP contribution in [0.25, 0.3) is 5.57 Å². The molecule has 0 amide bonds. The highest BCUT2D eigenvalue weighted by molar-refractivity contribution is 5.82. The summed E-state index contributed by atoms with van der Waals surface area (Å²) in [5.41, 5.74) is 2.91. The van der Waals surface area contributed by atoms with Crippen molar-refractivity contribution in [2.24, 2.45) is 0 Å². The van der Waals surface area contributed by atoms with Crippen LogP contribution in [0.15, 0.2) is 17.7 Å². The molecule has 19 heavy (non-hydrogen) atoms. The van der Waals surface area contributed by atoms with Gasteiger partial charge in [-0.2, -0.15) is 10.5 Å². The first-order valence-electron chi connectivity index (χ1n) is 6.03. The van der Waals surface area contributed by atoms with Crippen molar-refractivity contribution in [3.63, 3.8) is 0 Å². The molecule has 0 heterocycles. The van der Waals surface area contributed by atoms with E-state index >= 15 is 0 Å². The Balaban J connectivity index is 2.72. The Kier molecular flexibility index (Phi) is 3.73. The molecule has 1 aromatic carbocycles. The SMILES string of the molecule is COc1cc2c(c(OC)c1)C(=C(C#N)C#N)CCC2. The lowest BCUT2D eigenvalue weighted by molar-refractivity contribution is 0.391. The Labute approximate surface area is 112 Å². The van der Waals surface area contributed by atoms with Crippen molar-refractivity contribution in [1.82, 2.24) is 0 Å². The molecule has 1 aliphatic rings. The van der Waals surface area contributed by atoms with E-state index in [4.69, 9.17) is 20.0 Å². The van der Waals surface area contributed by atoms with E-state index in [0.717, 1.165) is 41.7 Å². The summed E-state index contributed by atoms with van der Waals surface area (Å²) in [5.74, 6) is 1.39. The lowest BCUT2D eigenvalue weighted by atomic mass is 9.84. The minimum absolute atomic E-state index is 0.171. The van der Waals surface area contributed by atoms with Crippen LogP contribution in [0, 0.1) is 22.7 Å². The standard InChI is InChI=1S/C15H14N2O2/c1-18-12-6-10-4-3-5-13(11(8-16)9-17)15(10)14(7-12)19-2/h6-7H,3-5H2,1-2H3. The van der Waals surface area contributed by atoms with E-state index in [2.05, 4.69) is 0 Å². The summed E-state index contributed by atoms with van der Waals surface area (Å²) < 4.78 is 10.6. The maximum absolute atomic E-state index is 9.07. The van der Waals surface area contributed by atoms with E-state index < -0.39 is 0 Å². The van der Waals surface area contributed by atoms with Gasteiger partial charge in [-0.15, -0.1) is 0 Å². The van der Waals surface area contributed by atoms with Gasteiger partial charge in [0.1, 0.15) is 29.2 Å². The molecule has 0 saturated heterocycles. The second kappa shape index (κ2) is 5.46. The summed E-state index contributed by atoms with van der Waals surface area (Å²) in [4.78, 5) is 0. The average molecular weight is 254 g/mol. The zero-order valence-electron chi connectivity index (χ0n) is 11.0. The van der Waals surface area contributed by atoms with Crippen molar-refractivity contribution in [3.05, 3.63) is 28.8 Å². The van der Waals surface area contributed by atoms with Gasteiger partial charge in [0.15, 0.2) is 0 Å². The molecule has 4 nitrogen and oxygen atoms in total. The largest absolute Gasteiger partial charge is 0.497 e. The molecular weight excluding hydrogens is 240 g/mol. The number of nitriles is 2. The topological polar surface area (TPSA) is 66.0 Å². The Morgan fingerprint density at radius 3 is 2.42 bits per heavy atom. The first-order valence-corrected chi connectivity index (χ1v) is 6.03. The molecule has 96 valence electrons. The molecule has 0 aromatic heterocycles. The number of methoxy groups -OCH3 is 2. The van der Waals surface area contributed by atoms with Crippen LogP contribution in [-0.2, 0) is 6.42 Å². The zero-order valence-corrected chi connectivity index (χ0v) is 11.0. The summed E-state index contributed by atoms with van der Waals surface area (Å²) in [6.45, 7) is 0. The lowest BCUT2D eigenvalue weighted by Gasteiger charge is -2.22. The maximum atomic E-state index is 9.07. The highest BCUT2D eigenvalue weighted by Crippen LogP contribution is 2.41. The van der Waals surface area contributed by atoms with E-state index in [0.29, 0.717) is 5.75 Å². The Bertz CT molecular complexity index is 585. The molecule has 1 aromatic rings. The number of benzene rings is 1. The number of nitrogens with zero attached hydrogens (tertiary/aromatic N) is 2. The summed E-state index contributed by atoms with van der Waals surface area (Å²) in [6, 6.07) is 7.68. The lowest BCUT2D eigenvalue weighted by Crippen LogP contribution is -2.06. The third-order valence-electron chi connectivity index (χ3n) is 3.31. The molecule has 0 aliphatic heterocycles. The molecule has 0 saturated carbocycles. The molecule has 0 N–H and O–H groups in total. The third-order valence-corrected chi connectivity index (χ3v) is 3.31. The van der Waals surface area contributed by atoms with E-state index in [1.54, 1.807) is 20.3 Å². The number of fused-ring (bicyclic) bond motifs is 1. The fourth-order valence-corrected chi connectivity index (χ4v) is 2.45. The van der Waals surface area contributed by atoms with Crippen molar-refractivity contribution in [2.45, 2.75) is 19.3 Å². The van der Waals surface area contributed by atoms with Crippen molar-refractivity contribution < 1.29 is 9.47 Å². The van der Waals surface area contributed by atoms with Crippen LogP contribution in [0.2, 0.25) is 0 Å². The van der Waals surface area contributed by atoms with Gasteiger partial charge >= 0.3 is 0 Å². The molecule has 0 unspecified atom stereocenters. The first-order chi connectivity index (χ1) is 9.24. The van der Waals surface area contributed by atoms with Gasteiger partial charge in [-0.3, -0.25) is 0 Å². The fraction of sp³-hybridized carbons (Fsp3) is 0.333. The van der Waals surface area contributed by atoms with Gasteiger partial charge in [0.2, 0.25) is 0 Å². The minimum Gasteiger partial charge on any atom is -0.497 e. The van der Waals surface area contributed by atoms with Gasteiger partial charge in [-0.25, -0.2) is 0 Å². The van der Waals surface area contributed by atoms with Gasteiger partial charge in [-0.05, 0) is 36.5 Å². The molecule has 1 aliphatic carbocycles. The first kappa shape index (κ1) is 13.0. The molecule has 0 bridgehead atoms. The molecule has 0 atom stereocenters. The highest BCUT2D eigenvalue weighted by Gasteiger charge is 2.23. The number of hydrogen-bond donors (Lipinski definition) is 0. The number of ether oxygens (including phenoxy) is 2. The Morgan fingerprint density at radius 1 is 1.11 bits per heavy atom.